The van der Waals surface area contributed by atoms with Crippen molar-refractivity contribution in [1.29, 1.82) is 0 Å². The van der Waals surface area contributed by atoms with E-state index in [4.69, 9.17) is 18.4 Å². The van der Waals surface area contributed by atoms with Crippen molar-refractivity contribution in [2.24, 2.45) is 5.92 Å². The summed E-state index contributed by atoms with van der Waals surface area (Å²) in [5.74, 6) is -0.685. The summed E-state index contributed by atoms with van der Waals surface area (Å²) in [7, 11) is -3.57. The summed E-state index contributed by atoms with van der Waals surface area (Å²) in [6.07, 6.45) is -0.685. The van der Waals surface area contributed by atoms with Crippen LogP contribution < -0.4 is 0 Å². The lowest BCUT2D eigenvalue weighted by atomic mass is 9.86. The quantitative estimate of drug-likeness (QED) is 0.296. The Morgan fingerprint density at radius 1 is 1.30 bits per heavy atom. The van der Waals surface area contributed by atoms with Gasteiger partial charge in [0, 0.05) is 12.0 Å². The van der Waals surface area contributed by atoms with Gasteiger partial charge < -0.3 is 14.2 Å². The van der Waals surface area contributed by atoms with E-state index in [1.807, 2.05) is 6.92 Å². The number of carbonyl (C=O) groups is 1. The van der Waals surface area contributed by atoms with Crippen molar-refractivity contribution in [3.05, 3.63) is 12.7 Å². The number of hydrogen-bond acceptors (Lipinski definition) is 7. The normalized spacial score (nSPS) is 43.6. The number of hydrogen-bond donors (Lipinski definition) is 0. The summed E-state index contributed by atoms with van der Waals surface area (Å²) in [5.41, 5.74) is 0. The minimum Gasteiger partial charge on any atom is -0.460 e. The molecule has 0 aromatic heterocycles. The van der Waals surface area contributed by atoms with Crippen LogP contribution in [0.1, 0.15) is 6.92 Å². The molecular formula is C12H16O7S. The minimum atomic E-state index is -3.57. The van der Waals surface area contributed by atoms with Crippen LogP contribution in [-0.2, 0) is 33.3 Å². The fourth-order valence-corrected chi connectivity index (χ4v) is 5.10. The topological polar surface area (TPSA) is 88.1 Å². The van der Waals surface area contributed by atoms with Crippen LogP contribution in [0.25, 0.3) is 0 Å². The molecule has 3 saturated heterocycles. The first-order valence-electron chi connectivity index (χ1n) is 6.44. The van der Waals surface area contributed by atoms with Gasteiger partial charge in [0.05, 0.1) is 12.7 Å². The third-order valence-electron chi connectivity index (χ3n) is 4.03. The van der Waals surface area contributed by atoms with Crippen LogP contribution in [0, 0.1) is 5.92 Å². The molecular weight excluding hydrogens is 288 g/mol. The van der Waals surface area contributed by atoms with Gasteiger partial charge in [0.2, 0.25) is 0 Å². The zero-order valence-electron chi connectivity index (χ0n) is 10.9. The predicted octanol–water partition coefficient (Wildman–Crippen LogP) is -0.385. The van der Waals surface area contributed by atoms with Crippen LogP contribution in [0.3, 0.4) is 0 Å². The number of carbonyl (C=O) groups excluding carboxylic acids is 1. The van der Waals surface area contributed by atoms with Crippen molar-refractivity contribution in [1.82, 2.24) is 0 Å². The van der Waals surface area contributed by atoms with Gasteiger partial charge in [0.25, 0.3) is 10.1 Å². The highest BCUT2D eigenvalue weighted by molar-refractivity contribution is 7.87. The molecule has 0 aromatic carbocycles. The molecule has 20 heavy (non-hydrogen) atoms. The molecule has 3 fully saturated rings. The molecule has 0 aromatic rings. The van der Waals surface area contributed by atoms with E-state index >= 15 is 0 Å². The summed E-state index contributed by atoms with van der Waals surface area (Å²) in [6, 6.07) is 0. The summed E-state index contributed by atoms with van der Waals surface area (Å²) in [4.78, 5) is 10.9. The van der Waals surface area contributed by atoms with Crippen LogP contribution in [0.2, 0.25) is 0 Å². The Labute approximate surface area is 116 Å². The average molecular weight is 304 g/mol. The Kier molecular flexibility index (Phi) is 3.36. The molecule has 112 valence electrons. The molecule has 3 heterocycles. The first kappa shape index (κ1) is 14.0. The van der Waals surface area contributed by atoms with Crippen molar-refractivity contribution in [2.75, 3.05) is 13.2 Å². The van der Waals surface area contributed by atoms with Crippen molar-refractivity contribution < 1.29 is 31.6 Å². The maximum absolute atomic E-state index is 11.9. The monoisotopic (exact) mass is 304 g/mol. The lowest BCUT2D eigenvalue weighted by molar-refractivity contribution is -0.141. The van der Waals surface area contributed by atoms with Gasteiger partial charge in [0.1, 0.15) is 30.2 Å². The van der Waals surface area contributed by atoms with Crippen molar-refractivity contribution in [3.63, 3.8) is 0 Å². The molecule has 0 saturated carbocycles. The summed E-state index contributed by atoms with van der Waals surface area (Å²) in [6.45, 7) is 5.35. The van der Waals surface area contributed by atoms with Gasteiger partial charge >= 0.3 is 5.97 Å². The Morgan fingerprint density at radius 3 is 2.75 bits per heavy atom. The van der Waals surface area contributed by atoms with E-state index in [1.165, 1.54) is 0 Å². The highest BCUT2D eigenvalue weighted by atomic mass is 32.2. The van der Waals surface area contributed by atoms with E-state index in [1.54, 1.807) is 0 Å². The maximum Gasteiger partial charge on any atom is 0.330 e. The highest BCUT2D eigenvalue weighted by Gasteiger charge is 2.69. The van der Waals surface area contributed by atoms with Crippen molar-refractivity contribution in [2.45, 2.75) is 36.6 Å². The fraction of sp³-hybridized carbons (Fsp3) is 0.750. The zero-order valence-corrected chi connectivity index (χ0v) is 11.7. The highest BCUT2D eigenvalue weighted by Crippen LogP contribution is 2.50. The Morgan fingerprint density at radius 2 is 2.05 bits per heavy atom. The van der Waals surface area contributed by atoms with E-state index in [-0.39, 0.29) is 25.2 Å². The van der Waals surface area contributed by atoms with Crippen LogP contribution in [0.5, 0.6) is 0 Å². The molecule has 3 aliphatic heterocycles. The van der Waals surface area contributed by atoms with Gasteiger partial charge in [-0.3, -0.25) is 4.18 Å². The Hall–Kier alpha value is -0.960. The maximum atomic E-state index is 11.9. The molecule has 7 nitrogen and oxygen atoms in total. The molecule has 6 atom stereocenters. The second-order valence-corrected chi connectivity index (χ2v) is 6.87. The molecule has 0 amide bonds. The van der Waals surface area contributed by atoms with Crippen LogP contribution in [0.4, 0.5) is 0 Å². The third kappa shape index (κ3) is 1.98. The molecule has 3 rings (SSSR count). The molecule has 0 radical (unpaired) electrons. The standard InChI is InChI=1S/C12H16O7S/c1-3-7(13)16-4-5-17-9-8-6(2)12-11(18-8)10(9)19-20(12,14)15/h3,6,8-12H,1,4-5H2,2H3. The molecule has 3 aliphatic rings. The van der Waals surface area contributed by atoms with Crippen molar-refractivity contribution in [3.8, 4) is 0 Å². The van der Waals surface area contributed by atoms with Gasteiger partial charge in [-0.25, -0.2) is 4.79 Å². The molecule has 0 spiro atoms. The molecule has 0 N–H and O–H groups in total. The van der Waals surface area contributed by atoms with E-state index < -0.39 is 39.6 Å². The van der Waals surface area contributed by atoms with E-state index in [0.717, 1.165) is 6.08 Å². The average Bonchev–Trinajstić information content (AvgIpc) is 2.96. The lowest BCUT2D eigenvalue weighted by Gasteiger charge is -2.26. The van der Waals surface area contributed by atoms with Crippen LogP contribution in [-0.4, -0.2) is 57.3 Å². The first-order valence-corrected chi connectivity index (χ1v) is 7.91. The van der Waals surface area contributed by atoms with Gasteiger partial charge in [-0.2, -0.15) is 8.42 Å². The molecule has 6 unspecified atom stereocenters. The Bertz CT molecular complexity index is 528. The fourth-order valence-electron chi connectivity index (χ4n) is 3.21. The van der Waals surface area contributed by atoms with E-state index in [0.29, 0.717) is 0 Å². The SMILES string of the molecule is C=CC(=O)OCCOC1C2OC3C1OS(=O)(=O)C3C2C. The largest absolute Gasteiger partial charge is 0.460 e. The Balaban J connectivity index is 1.60. The predicted molar refractivity (Wildman–Crippen MR) is 66.3 cm³/mol. The lowest BCUT2D eigenvalue weighted by Crippen LogP contribution is -2.45. The number of ether oxygens (including phenoxy) is 3. The van der Waals surface area contributed by atoms with Crippen molar-refractivity contribution >= 4 is 16.1 Å². The van der Waals surface area contributed by atoms with E-state index in [2.05, 4.69) is 6.58 Å². The number of rotatable bonds is 5. The molecule has 8 heteroatoms. The molecule has 2 bridgehead atoms. The number of esters is 1. The van der Waals surface area contributed by atoms with Gasteiger partial charge in [-0.05, 0) is 0 Å². The number of fused-ring (bicyclic) bond motifs is 1. The zero-order chi connectivity index (χ0) is 14.5. The second-order valence-electron chi connectivity index (χ2n) is 5.15. The van der Waals surface area contributed by atoms with Crippen LogP contribution >= 0.6 is 0 Å². The van der Waals surface area contributed by atoms with Gasteiger partial charge in [0.15, 0.2) is 0 Å². The molecule has 0 aliphatic carbocycles. The first-order chi connectivity index (χ1) is 9.45. The smallest absolute Gasteiger partial charge is 0.330 e. The van der Waals surface area contributed by atoms with E-state index in [9.17, 15) is 13.2 Å². The summed E-state index contributed by atoms with van der Waals surface area (Å²) >= 11 is 0. The van der Waals surface area contributed by atoms with Gasteiger partial charge in [-0.1, -0.05) is 13.5 Å². The third-order valence-corrected chi connectivity index (χ3v) is 5.88. The van der Waals surface area contributed by atoms with Gasteiger partial charge in [-0.15, -0.1) is 0 Å². The summed E-state index contributed by atoms with van der Waals surface area (Å²) < 4.78 is 44.9. The minimum absolute atomic E-state index is 0.0794. The second kappa shape index (κ2) is 4.80. The van der Waals surface area contributed by atoms with Crippen LogP contribution in [0.15, 0.2) is 12.7 Å². The summed E-state index contributed by atoms with van der Waals surface area (Å²) in [5, 5.41) is -0.587.